The van der Waals surface area contributed by atoms with E-state index in [1.54, 1.807) is 36.3 Å². The first-order chi connectivity index (χ1) is 13.0. The van der Waals surface area contributed by atoms with Crippen LogP contribution < -0.4 is 4.74 Å². The Bertz CT molecular complexity index is 933. The molecule has 1 heterocycles. The van der Waals surface area contributed by atoms with Crippen LogP contribution in [0.2, 0.25) is 5.02 Å². The van der Waals surface area contributed by atoms with Gasteiger partial charge in [0.05, 0.1) is 7.11 Å². The summed E-state index contributed by atoms with van der Waals surface area (Å²) < 4.78 is 5.19. The molecule has 0 bridgehead atoms. The maximum Gasteiger partial charge on any atom is 0.260 e. The van der Waals surface area contributed by atoms with Crippen molar-refractivity contribution in [3.8, 4) is 5.75 Å². The van der Waals surface area contributed by atoms with E-state index in [1.807, 2.05) is 24.3 Å². The molecule has 0 aromatic heterocycles. The Kier molecular flexibility index (Phi) is 4.74. The van der Waals surface area contributed by atoms with Gasteiger partial charge in [-0.3, -0.25) is 14.7 Å². The fourth-order valence-electron chi connectivity index (χ4n) is 3.85. The highest BCUT2D eigenvalue weighted by Crippen LogP contribution is 2.42. The molecule has 4 nitrogen and oxygen atoms in total. The lowest BCUT2D eigenvalue weighted by atomic mass is 10.1. The van der Waals surface area contributed by atoms with Gasteiger partial charge >= 0.3 is 0 Å². The second kappa shape index (κ2) is 7.06. The topological polar surface area (TPSA) is 41.9 Å². The van der Waals surface area contributed by atoms with E-state index in [0.717, 1.165) is 31.2 Å². The summed E-state index contributed by atoms with van der Waals surface area (Å²) in [6, 6.07) is 14.6. The van der Waals surface area contributed by atoms with E-state index < -0.39 is 5.66 Å². The van der Waals surface area contributed by atoms with Crippen LogP contribution in [0.25, 0.3) is 0 Å². The Morgan fingerprint density at radius 1 is 1.19 bits per heavy atom. The summed E-state index contributed by atoms with van der Waals surface area (Å²) in [4.78, 5) is 20.5. The fraction of sp³-hybridized carbons (Fsp3) is 0.286. The first-order valence-corrected chi connectivity index (χ1v) is 9.71. The maximum atomic E-state index is 13.4. The van der Waals surface area contributed by atoms with Crippen LogP contribution in [0.4, 0.5) is 0 Å². The zero-order chi connectivity index (χ0) is 19.0. The molecule has 0 N–H and O–H groups in total. The fourth-order valence-corrected chi connectivity index (χ4v) is 4.45. The Hall–Kier alpha value is -2.24. The second-order valence-electron chi connectivity index (χ2n) is 6.83. The Morgan fingerprint density at radius 3 is 2.52 bits per heavy atom. The average Bonchev–Trinajstić information content (AvgIpc) is 3.26. The number of nitrogens with zero attached hydrogens (tertiary/aromatic N) is 2. The van der Waals surface area contributed by atoms with Crippen LogP contribution in [0.15, 0.2) is 53.5 Å². The molecule has 1 spiro atoms. The maximum absolute atomic E-state index is 13.4. The van der Waals surface area contributed by atoms with Gasteiger partial charge in [-0.2, -0.15) is 0 Å². The molecule has 138 valence electrons. The van der Waals surface area contributed by atoms with Gasteiger partial charge in [0.15, 0.2) is 0 Å². The van der Waals surface area contributed by atoms with E-state index in [-0.39, 0.29) is 5.91 Å². The SMILES string of the molecule is COc1ccc(C(=O)N2C(=S)C(c3cccc(Cl)c3)=NC23CCCC3)cc1. The van der Waals surface area contributed by atoms with Gasteiger partial charge in [-0.05, 0) is 62.1 Å². The summed E-state index contributed by atoms with van der Waals surface area (Å²) in [7, 11) is 1.60. The molecule has 1 saturated carbocycles. The zero-order valence-corrected chi connectivity index (χ0v) is 16.5. The largest absolute Gasteiger partial charge is 0.497 e. The average molecular weight is 399 g/mol. The first kappa shape index (κ1) is 18.1. The van der Waals surface area contributed by atoms with Gasteiger partial charge in [-0.15, -0.1) is 0 Å². The van der Waals surface area contributed by atoms with E-state index in [9.17, 15) is 4.79 Å². The predicted molar refractivity (Wildman–Crippen MR) is 111 cm³/mol. The number of amides is 1. The molecule has 6 heteroatoms. The van der Waals surface area contributed by atoms with E-state index in [4.69, 9.17) is 33.5 Å². The third-order valence-corrected chi connectivity index (χ3v) is 5.80. The quantitative estimate of drug-likeness (QED) is 0.691. The number of methoxy groups -OCH3 is 1. The van der Waals surface area contributed by atoms with Crippen molar-refractivity contribution in [2.45, 2.75) is 31.3 Å². The zero-order valence-electron chi connectivity index (χ0n) is 14.9. The number of aliphatic imine (C=N–C) groups is 1. The molecule has 1 aliphatic carbocycles. The van der Waals surface area contributed by atoms with Crippen molar-refractivity contribution in [1.82, 2.24) is 4.90 Å². The Labute approximate surface area is 168 Å². The van der Waals surface area contributed by atoms with Crippen molar-refractivity contribution >= 4 is 40.4 Å². The van der Waals surface area contributed by atoms with Gasteiger partial charge in [0, 0.05) is 16.1 Å². The molecule has 1 fully saturated rings. The number of benzene rings is 2. The summed E-state index contributed by atoms with van der Waals surface area (Å²) in [5, 5.41) is 0.624. The van der Waals surface area contributed by atoms with Crippen molar-refractivity contribution in [3.63, 3.8) is 0 Å². The minimum Gasteiger partial charge on any atom is -0.497 e. The molecule has 2 aromatic rings. The van der Waals surface area contributed by atoms with Crippen LogP contribution in [0.3, 0.4) is 0 Å². The number of thiocarbonyl (C=S) groups is 1. The number of carbonyl (C=O) groups excluding carboxylic acids is 1. The smallest absolute Gasteiger partial charge is 0.260 e. The highest BCUT2D eigenvalue weighted by molar-refractivity contribution is 7.82. The molecule has 2 aliphatic rings. The van der Waals surface area contributed by atoms with Gasteiger partial charge < -0.3 is 4.74 Å². The molecule has 4 rings (SSSR count). The third kappa shape index (κ3) is 3.15. The number of hydrogen-bond acceptors (Lipinski definition) is 4. The summed E-state index contributed by atoms with van der Waals surface area (Å²) >= 11 is 11.9. The highest BCUT2D eigenvalue weighted by atomic mass is 35.5. The molecule has 0 saturated heterocycles. The number of carbonyl (C=O) groups is 1. The van der Waals surface area contributed by atoms with Crippen molar-refractivity contribution in [2.75, 3.05) is 7.11 Å². The lowest BCUT2D eigenvalue weighted by molar-refractivity contribution is 0.0724. The van der Waals surface area contributed by atoms with Gasteiger partial charge in [0.1, 0.15) is 22.1 Å². The van der Waals surface area contributed by atoms with Crippen molar-refractivity contribution in [1.29, 1.82) is 0 Å². The van der Waals surface area contributed by atoms with Gasteiger partial charge in [-0.1, -0.05) is 36.0 Å². The molecule has 1 amide bonds. The summed E-state index contributed by atoms with van der Waals surface area (Å²) in [6.07, 6.45) is 3.70. The van der Waals surface area contributed by atoms with Crippen LogP contribution in [0.5, 0.6) is 5.75 Å². The van der Waals surface area contributed by atoms with E-state index in [1.165, 1.54) is 0 Å². The van der Waals surface area contributed by atoms with E-state index in [0.29, 0.717) is 27.0 Å². The standard InChI is InChI=1S/C21H19ClN2O2S/c1-26-17-9-7-14(8-10-17)19(25)24-20(27)18(15-5-4-6-16(22)13-15)23-21(24)11-2-3-12-21/h4-10,13H,2-3,11-12H2,1H3. The van der Waals surface area contributed by atoms with E-state index >= 15 is 0 Å². The summed E-state index contributed by atoms with van der Waals surface area (Å²) in [6.45, 7) is 0. The number of rotatable bonds is 3. The molecular formula is C21H19ClN2O2S. The van der Waals surface area contributed by atoms with Gasteiger partial charge in [0.25, 0.3) is 5.91 Å². The molecule has 0 atom stereocenters. The van der Waals surface area contributed by atoms with E-state index in [2.05, 4.69) is 0 Å². The third-order valence-electron chi connectivity index (χ3n) is 5.18. The van der Waals surface area contributed by atoms with Crippen LogP contribution in [0, 0.1) is 0 Å². The molecule has 27 heavy (non-hydrogen) atoms. The number of halogens is 1. The normalized spacial score (nSPS) is 18.1. The molecule has 0 unspecified atom stereocenters. The van der Waals surface area contributed by atoms with Crippen LogP contribution in [-0.4, -0.2) is 34.3 Å². The summed E-state index contributed by atoms with van der Waals surface area (Å²) in [5.41, 5.74) is 1.53. The molecule has 1 aliphatic heterocycles. The first-order valence-electron chi connectivity index (χ1n) is 8.93. The van der Waals surface area contributed by atoms with Gasteiger partial charge in [-0.25, -0.2) is 0 Å². The second-order valence-corrected chi connectivity index (χ2v) is 7.66. The Morgan fingerprint density at radius 2 is 1.89 bits per heavy atom. The summed E-state index contributed by atoms with van der Waals surface area (Å²) in [5.74, 6) is 0.590. The predicted octanol–water partition coefficient (Wildman–Crippen LogP) is 4.89. The van der Waals surface area contributed by atoms with Crippen molar-refractivity contribution in [2.24, 2.45) is 4.99 Å². The van der Waals surface area contributed by atoms with Crippen LogP contribution in [0.1, 0.15) is 41.6 Å². The number of hydrogen-bond donors (Lipinski definition) is 0. The lowest BCUT2D eigenvalue weighted by Gasteiger charge is -2.32. The molecular weight excluding hydrogens is 380 g/mol. The minimum absolute atomic E-state index is 0.120. The molecule has 0 radical (unpaired) electrons. The number of ether oxygens (including phenoxy) is 1. The monoisotopic (exact) mass is 398 g/mol. The lowest BCUT2D eigenvalue weighted by Crippen LogP contribution is -2.48. The molecule has 2 aromatic carbocycles. The van der Waals surface area contributed by atoms with Crippen molar-refractivity contribution < 1.29 is 9.53 Å². The van der Waals surface area contributed by atoms with Crippen molar-refractivity contribution in [3.05, 3.63) is 64.7 Å². The van der Waals surface area contributed by atoms with Crippen LogP contribution in [-0.2, 0) is 0 Å². The van der Waals surface area contributed by atoms with Gasteiger partial charge in [0.2, 0.25) is 0 Å². The van der Waals surface area contributed by atoms with Crippen LogP contribution >= 0.6 is 23.8 Å². The minimum atomic E-state index is -0.578. The highest BCUT2D eigenvalue weighted by Gasteiger charge is 2.50. The Balaban J connectivity index is 1.73.